The van der Waals surface area contributed by atoms with Gasteiger partial charge < -0.3 is 34.8 Å². The van der Waals surface area contributed by atoms with E-state index in [0.29, 0.717) is 43.7 Å². The zero-order valence-electron chi connectivity index (χ0n) is 34.4. The first-order valence-electron chi connectivity index (χ1n) is 20.1. The Balaban J connectivity index is 1.10. The zero-order valence-corrected chi connectivity index (χ0v) is 34.4. The van der Waals surface area contributed by atoms with Gasteiger partial charge in [0.15, 0.2) is 0 Å². The molecule has 3 heterocycles. The van der Waals surface area contributed by atoms with Crippen LogP contribution in [0.15, 0.2) is 91.1 Å². The van der Waals surface area contributed by atoms with Crippen LogP contribution in [-0.4, -0.2) is 81.9 Å². The molecule has 1 aromatic heterocycles. The average molecular weight is 801 g/mol. The largest absolute Gasteiger partial charge is 0.445 e. The number of carbonyl (C=O) groups excluding carboxylic acids is 5. The molecule has 59 heavy (non-hydrogen) atoms. The van der Waals surface area contributed by atoms with Gasteiger partial charge in [-0.3, -0.25) is 14.4 Å². The molecule has 3 aromatic carbocycles. The number of likely N-dealkylation sites (tertiary alicyclic amines) is 1. The maximum atomic E-state index is 14.8. The van der Waals surface area contributed by atoms with Crippen LogP contribution < -0.4 is 10.6 Å². The Morgan fingerprint density at radius 1 is 0.915 bits per heavy atom. The van der Waals surface area contributed by atoms with E-state index in [1.54, 1.807) is 38.9 Å². The van der Waals surface area contributed by atoms with E-state index in [9.17, 15) is 24.0 Å². The molecule has 2 N–H and O–H groups in total. The standard InChI is InChI=1S/C46H52N6O7/c1-44(2,3)59-42(56)50(5)26-33-15-9-10-16-34(33)27-52(41(55)45(4)20-12-22-51(30-45)43(57)58-29-31-13-7-6-8-14-31)28-38(53)48-36-19-18-32-24-46(25-35(32)23-36)37-17-11-21-47-39(37)49-40(46)54/h6-11,13-19,21,23H,12,20,22,24-30H2,1-5H3,(H,48,53)(H,47,49,54)/t45?,46-/m1/s1. The van der Waals surface area contributed by atoms with Crippen molar-refractivity contribution in [2.45, 2.75) is 84.1 Å². The normalized spacial score (nSPS) is 19.3. The molecule has 0 saturated carbocycles. The van der Waals surface area contributed by atoms with Crippen LogP contribution >= 0.6 is 0 Å². The van der Waals surface area contributed by atoms with Gasteiger partial charge in [-0.05, 0) is 99.4 Å². The predicted octanol–water partition coefficient (Wildman–Crippen LogP) is 6.84. The highest BCUT2D eigenvalue weighted by atomic mass is 16.6. The monoisotopic (exact) mass is 800 g/mol. The van der Waals surface area contributed by atoms with Crippen LogP contribution in [0.5, 0.6) is 0 Å². The highest BCUT2D eigenvalue weighted by Gasteiger charge is 2.51. The molecule has 3 aliphatic rings. The molecule has 1 spiro atoms. The molecule has 2 aliphatic heterocycles. The van der Waals surface area contributed by atoms with Crippen molar-refractivity contribution in [3.63, 3.8) is 0 Å². The number of amides is 5. The van der Waals surface area contributed by atoms with Crippen molar-refractivity contribution in [1.82, 2.24) is 19.7 Å². The summed E-state index contributed by atoms with van der Waals surface area (Å²) in [7, 11) is 1.66. The molecule has 1 aliphatic carbocycles. The van der Waals surface area contributed by atoms with E-state index in [4.69, 9.17) is 9.47 Å². The van der Waals surface area contributed by atoms with Crippen LogP contribution in [0.1, 0.15) is 73.9 Å². The van der Waals surface area contributed by atoms with Gasteiger partial charge >= 0.3 is 12.2 Å². The van der Waals surface area contributed by atoms with E-state index in [0.717, 1.165) is 33.4 Å². The number of anilines is 2. The fraction of sp³-hybridized carbons (Fsp3) is 0.391. The van der Waals surface area contributed by atoms with Crippen LogP contribution in [0, 0.1) is 5.41 Å². The fourth-order valence-electron chi connectivity index (χ4n) is 8.41. The summed E-state index contributed by atoms with van der Waals surface area (Å²) < 4.78 is 11.2. The molecule has 0 bridgehead atoms. The summed E-state index contributed by atoms with van der Waals surface area (Å²) in [5, 5.41) is 5.94. The van der Waals surface area contributed by atoms with Gasteiger partial charge in [-0.15, -0.1) is 0 Å². The van der Waals surface area contributed by atoms with Gasteiger partial charge in [-0.25, -0.2) is 14.6 Å². The number of fused-ring (bicyclic) bond motifs is 3. The molecule has 13 nitrogen and oxygen atoms in total. The van der Waals surface area contributed by atoms with Crippen molar-refractivity contribution < 1.29 is 33.4 Å². The lowest BCUT2D eigenvalue weighted by atomic mass is 9.79. The number of carbonyl (C=O) groups is 5. The summed E-state index contributed by atoms with van der Waals surface area (Å²) in [6.07, 6.45) is 2.77. The molecular formula is C46H52N6O7. The first kappa shape index (κ1) is 40.9. The number of hydrogen-bond acceptors (Lipinski definition) is 8. The number of nitrogens with zero attached hydrogens (tertiary/aromatic N) is 4. The van der Waals surface area contributed by atoms with E-state index in [-0.39, 0.29) is 44.6 Å². The summed E-state index contributed by atoms with van der Waals surface area (Å²) in [5.41, 5.74) is 3.38. The smallest absolute Gasteiger partial charge is 0.410 e. The highest BCUT2D eigenvalue weighted by Crippen LogP contribution is 2.47. The Labute approximate surface area is 345 Å². The van der Waals surface area contributed by atoms with Crippen molar-refractivity contribution in [2.75, 3.05) is 37.3 Å². The molecule has 1 unspecified atom stereocenters. The third-order valence-corrected chi connectivity index (χ3v) is 11.4. The van der Waals surface area contributed by atoms with E-state index in [1.165, 1.54) is 9.80 Å². The lowest BCUT2D eigenvalue weighted by Crippen LogP contribution is -2.54. The van der Waals surface area contributed by atoms with E-state index in [2.05, 4.69) is 15.6 Å². The molecule has 4 aromatic rings. The van der Waals surface area contributed by atoms with Crippen molar-refractivity contribution in [1.29, 1.82) is 0 Å². The second-order valence-electron chi connectivity index (χ2n) is 17.2. The molecule has 0 radical (unpaired) electrons. The minimum Gasteiger partial charge on any atom is -0.445 e. The Morgan fingerprint density at radius 2 is 1.63 bits per heavy atom. The maximum Gasteiger partial charge on any atom is 0.410 e. The van der Waals surface area contributed by atoms with Crippen LogP contribution in [0.3, 0.4) is 0 Å². The quantitative estimate of drug-likeness (QED) is 0.177. The second kappa shape index (κ2) is 16.6. The van der Waals surface area contributed by atoms with Gasteiger partial charge in [0.1, 0.15) is 24.6 Å². The summed E-state index contributed by atoms with van der Waals surface area (Å²) in [5.74, 6) is -0.181. The van der Waals surface area contributed by atoms with Crippen LogP contribution in [0.25, 0.3) is 0 Å². The fourth-order valence-corrected chi connectivity index (χ4v) is 8.41. The third-order valence-electron chi connectivity index (χ3n) is 11.4. The van der Waals surface area contributed by atoms with Crippen molar-refractivity contribution >= 4 is 41.4 Å². The van der Waals surface area contributed by atoms with Crippen molar-refractivity contribution in [3.05, 3.63) is 125 Å². The summed E-state index contributed by atoms with van der Waals surface area (Å²) in [4.78, 5) is 77.3. The molecule has 1 saturated heterocycles. The molecular weight excluding hydrogens is 749 g/mol. The topological polar surface area (TPSA) is 150 Å². The van der Waals surface area contributed by atoms with Gasteiger partial charge in [-0.2, -0.15) is 0 Å². The number of aromatic nitrogens is 1. The number of ether oxygens (including phenoxy) is 2. The zero-order chi connectivity index (χ0) is 42.0. The summed E-state index contributed by atoms with van der Waals surface area (Å²) in [6, 6.07) is 26.4. The molecule has 2 atom stereocenters. The van der Waals surface area contributed by atoms with Crippen molar-refractivity contribution in [2.24, 2.45) is 5.41 Å². The Morgan fingerprint density at radius 3 is 2.37 bits per heavy atom. The van der Waals surface area contributed by atoms with Gasteiger partial charge in [-0.1, -0.05) is 66.7 Å². The van der Waals surface area contributed by atoms with Crippen LogP contribution in [0.4, 0.5) is 21.1 Å². The van der Waals surface area contributed by atoms with Gasteiger partial charge in [0, 0.05) is 50.7 Å². The number of nitrogens with one attached hydrogen (secondary N) is 2. The van der Waals surface area contributed by atoms with E-state index in [1.807, 2.05) is 91.9 Å². The van der Waals surface area contributed by atoms with E-state index < -0.39 is 34.5 Å². The van der Waals surface area contributed by atoms with Crippen LogP contribution in [-0.2, 0) is 61.8 Å². The lowest BCUT2D eigenvalue weighted by molar-refractivity contribution is -0.146. The Bertz CT molecular complexity index is 2260. The maximum absolute atomic E-state index is 14.8. The SMILES string of the molecule is CN(Cc1ccccc1CN(CC(=O)Nc1ccc2c(c1)C[C@@]1(C2)C(=O)Nc2ncccc21)C(=O)C1(C)CCCN(C(=O)OCc2ccccc2)C1)C(=O)OC(C)(C)C. The molecule has 5 amide bonds. The van der Waals surface area contributed by atoms with Crippen LogP contribution in [0.2, 0.25) is 0 Å². The second-order valence-corrected chi connectivity index (χ2v) is 17.2. The molecule has 1 fully saturated rings. The minimum absolute atomic E-state index is 0.0773. The number of rotatable bonds is 10. The van der Waals surface area contributed by atoms with E-state index >= 15 is 0 Å². The van der Waals surface area contributed by atoms with Gasteiger partial charge in [0.25, 0.3) is 0 Å². The van der Waals surface area contributed by atoms with Gasteiger partial charge in [0.05, 0.1) is 10.8 Å². The van der Waals surface area contributed by atoms with Crippen molar-refractivity contribution in [3.8, 4) is 0 Å². The van der Waals surface area contributed by atoms with Gasteiger partial charge in [0.2, 0.25) is 17.7 Å². The summed E-state index contributed by atoms with van der Waals surface area (Å²) in [6.45, 7) is 7.96. The highest BCUT2D eigenvalue weighted by molar-refractivity contribution is 6.06. The summed E-state index contributed by atoms with van der Waals surface area (Å²) >= 11 is 0. The first-order chi connectivity index (χ1) is 28.1. The lowest BCUT2D eigenvalue weighted by Gasteiger charge is -2.41. The first-order valence-corrected chi connectivity index (χ1v) is 20.1. The predicted molar refractivity (Wildman–Crippen MR) is 222 cm³/mol. The number of piperidine rings is 1. The number of pyridine rings is 1. The number of hydrogen-bond donors (Lipinski definition) is 2. The third kappa shape index (κ3) is 9.09. The molecule has 13 heteroatoms. The Hall–Kier alpha value is -6.24. The molecule has 7 rings (SSSR count). The Kier molecular flexibility index (Phi) is 11.5. The number of benzene rings is 3. The average Bonchev–Trinajstić information content (AvgIpc) is 3.72. The molecule has 308 valence electrons. The minimum atomic E-state index is -1.01.